The van der Waals surface area contributed by atoms with Crippen LogP contribution in [0.2, 0.25) is 0 Å². The van der Waals surface area contributed by atoms with Crippen LogP contribution < -0.4 is 10.5 Å². The number of nitrogens with two attached hydrogens (primary N) is 1. The van der Waals surface area contributed by atoms with Gasteiger partial charge in [-0.3, -0.25) is 0 Å². The number of aromatic nitrogens is 2. The monoisotopic (exact) mass is 286 g/mol. The van der Waals surface area contributed by atoms with E-state index >= 15 is 0 Å². The Morgan fingerprint density at radius 3 is 2.74 bits per heavy atom. The van der Waals surface area contributed by atoms with Gasteiger partial charge in [-0.05, 0) is 18.8 Å². The third-order valence-electron chi connectivity index (χ3n) is 3.72. The summed E-state index contributed by atoms with van der Waals surface area (Å²) < 4.78 is 28.2. The molecule has 0 aromatic carbocycles. The second kappa shape index (κ2) is 5.92. The predicted molar refractivity (Wildman–Crippen MR) is 74.0 cm³/mol. The fraction of sp³-hybridized carbons (Fsp3) is 0.750. The first-order valence-corrected chi connectivity index (χ1v) is 8.25. The molecular weight excluding hydrogens is 264 g/mol. The minimum Gasteiger partial charge on any atom is -0.381 e. The number of hydrogen-bond acceptors (Lipinski definition) is 4. The van der Waals surface area contributed by atoms with Crippen molar-refractivity contribution in [3.8, 4) is 0 Å². The minimum absolute atomic E-state index is 0.0470. The first-order chi connectivity index (χ1) is 9.00. The van der Waals surface area contributed by atoms with Gasteiger partial charge in [-0.15, -0.1) is 0 Å². The minimum atomic E-state index is -3.55. The van der Waals surface area contributed by atoms with Crippen molar-refractivity contribution < 1.29 is 8.42 Å². The summed E-state index contributed by atoms with van der Waals surface area (Å²) in [7, 11) is -1.93. The first kappa shape index (κ1) is 14.3. The van der Waals surface area contributed by atoms with Gasteiger partial charge in [0.25, 0.3) is 10.0 Å². The smallest absolute Gasteiger partial charge is 0.260 e. The molecule has 108 valence electrons. The first-order valence-electron chi connectivity index (χ1n) is 6.77. The molecule has 0 atom stereocenters. The Hall–Kier alpha value is -1.08. The molecule has 0 bridgehead atoms. The average Bonchev–Trinajstić information content (AvgIpc) is 2.95. The molecule has 1 aromatic rings. The number of aryl methyl sites for hydroxylation is 1. The lowest BCUT2D eigenvalue weighted by Crippen LogP contribution is -2.27. The summed E-state index contributed by atoms with van der Waals surface area (Å²) in [6.45, 7) is 0.462. The van der Waals surface area contributed by atoms with E-state index in [1.807, 2.05) is 0 Å². The van der Waals surface area contributed by atoms with Crippen LogP contribution in [0.1, 0.15) is 38.5 Å². The van der Waals surface area contributed by atoms with Crippen LogP contribution in [-0.2, 0) is 17.1 Å². The van der Waals surface area contributed by atoms with E-state index in [9.17, 15) is 8.42 Å². The number of nitrogen functional groups attached to an aromatic ring is 1. The molecule has 1 aliphatic carbocycles. The molecule has 19 heavy (non-hydrogen) atoms. The maximum atomic E-state index is 12.1. The van der Waals surface area contributed by atoms with Gasteiger partial charge < -0.3 is 10.3 Å². The Morgan fingerprint density at radius 2 is 2.16 bits per heavy atom. The molecule has 1 aliphatic rings. The third kappa shape index (κ3) is 3.48. The average molecular weight is 286 g/mol. The predicted octanol–water partition coefficient (Wildman–Crippen LogP) is 1.25. The molecule has 0 saturated heterocycles. The molecule has 1 heterocycles. The van der Waals surface area contributed by atoms with Gasteiger partial charge in [0.2, 0.25) is 0 Å². The Morgan fingerprint density at radius 1 is 1.47 bits per heavy atom. The zero-order chi connectivity index (χ0) is 13.9. The number of anilines is 1. The Labute approximate surface area is 114 Å². The fourth-order valence-electron chi connectivity index (χ4n) is 2.73. The van der Waals surface area contributed by atoms with Crippen molar-refractivity contribution in [2.45, 2.75) is 43.6 Å². The summed E-state index contributed by atoms with van der Waals surface area (Å²) in [4.78, 5) is 3.80. The van der Waals surface area contributed by atoms with Crippen LogP contribution >= 0.6 is 0 Å². The molecule has 0 radical (unpaired) electrons. The maximum absolute atomic E-state index is 12.1. The highest BCUT2D eigenvalue weighted by atomic mass is 32.2. The lowest BCUT2D eigenvalue weighted by atomic mass is 10.0. The van der Waals surface area contributed by atoms with Crippen LogP contribution in [0.4, 0.5) is 5.82 Å². The van der Waals surface area contributed by atoms with E-state index in [4.69, 9.17) is 5.73 Å². The van der Waals surface area contributed by atoms with Crippen molar-refractivity contribution in [2.75, 3.05) is 12.3 Å². The number of sulfonamides is 1. The van der Waals surface area contributed by atoms with Crippen LogP contribution in [0.15, 0.2) is 11.4 Å². The van der Waals surface area contributed by atoms with Gasteiger partial charge in [-0.2, -0.15) is 0 Å². The van der Waals surface area contributed by atoms with E-state index in [1.165, 1.54) is 36.6 Å². The lowest BCUT2D eigenvalue weighted by molar-refractivity contribution is 0.480. The fourth-order valence-corrected chi connectivity index (χ4v) is 4.03. The molecule has 3 N–H and O–H groups in total. The molecular formula is C12H22N4O2S. The van der Waals surface area contributed by atoms with Crippen LogP contribution in [0, 0.1) is 5.92 Å². The Balaban J connectivity index is 1.84. The quantitative estimate of drug-likeness (QED) is 0.770. The molecule has 6 nitrogen and oxygen atoms in total. The number of imidazole rings is 1. The highest BCUT2D eigenvalue weighted by Crippen LogP contribution is 2.28. The Kier molecular flexibility index (Phi) is 4.46. The highest BCUT2D eigenvalue weighted by Gasteiger charge is 2.22. The van der Waals surface area contributed by atoms with E-state index in [2.05, 4.69) is 9.71 Å². The number of nitrogens with zero attached hydrogens (tertiary/aromatic N) is 2. The van der Waals surface area contributed by atoms with Crippen LogP contribution in [0.5, 0.6) is 0 Å². The molecule has 2 rings (SSSR count). The topological polar surface area (TPSA) is 90.0 Å². The maximum Gasteiger partial charge on any atom is 0.260 e. The lowest BCUT2D eigenvalue weighted by Gasteiger charge is -2.10. The van der Waals surface area contributed by atoms with E-state index in [-0.39, 0.29) is 10.8 Å². The summed E-state index contributed by atoms with van der Waals surface area (Å²) >= 11 is 0. The highest BCUT2D eigenvalue weighted by molar-refractivity contribution is 7.89. The van der Waals surface area contributed by atoms with Gasteiger partial charge in [0.1, 0.15) is 0 Å². The van der Waals surface area contributed by atoms with Crippen LogP contribution in [0.25, 0.3) is 0 Å². The van der Waals surface area contributed by atoms with Crippen molar-refractivity contribution in [1.29, 1.82) is 0 Å². The van der Waals surface area contributed by atoms with Crippen molar-refractivity contribution in [2.24, 2.45) is 13.0 Å². The molecule has 1 aromatic heterocycles. The van der Waals surface area contributed by atoms with E-state index in [0.29, 0.717) is 6.54 Å². The Bertz CT molecular complexity index is 498. The summed E-state index contributed by atoms with van der Waals surface area (Å²) in [6, 6.07) is 0. The molecule has 1 fully saturated rings. The second-order valence-corrected chi connectivity index (χ2v) is 6.92. The number of rotatable bonds is 6. The summed E-state index contributed by atoms with van der Waals surface area (Å²) in [6.07, 6.45) is 8.61. The third-order valence-corrected chi connectivity index (χ3v) is 5.31. The summed E-state index contributed by atoms with van der Waals surface area (Å²) in [5, 5.41) is 0.0494. The van der Waals surface area contributed by atoms with Gasteiger partial charge in [0.05, 0.1) is 6.33 Å². The molecule has 1 saturated carbocycles. The number of nitrogens with one attached hydrogen (secondary N) is 1. The standard InChI is InChI=1S/C12H22N4O2S/c1-16-9-14-11(13)12(16)19(17,18)15-8-4-7-10-5-2-3-6-10/h9-10,15H,2-8,13H2,1H3. The van der Waals surface area contributed by atoms with Crippen LogP contribution in [0.3, 0.4) is 0 Å². The summed E-state index contributed by atoms with van der Waals surface area (Å²) in [5.74, 6) is 0.831. The van der Waals surface area contributed by atoms with Gasteiger partial charge in [0, 0.05) is 13.6 Å². The molecule has 7 heteroatoms. The van der Waals surface area contributed by atoms with Gasteiger partial charge in [0.15, 0.2) is 10.8 Å². The summed E-state index contributed by atoms with van der Waals surface area (Å²) in [5.41, 5.74) is 5.58. The zero-order valence-corrected chi connectivity index (χ0v) is 12.1. The van der Waals surface area contributed by atoms with E-state index in [1.54, 1.807) is 7.05 Å². The zero-order valence-electron chi connectivity index (χ0n) is 11.3. The molecule has 0 amide bonds. The normalized spacial score (nSPS) is 17.1. The van der Waals surface area contributed by atoms with Gasteiger partial charge >= 0.3 is 0 Å². The second-order valence-electron chi connectivity index (χ2n) is 5.24. The van der Waals surface area contributed by atoms with Gasteiger partial charge in [-0.1, -0.05) is 25.7 Å². The molecule has 0 spiro atoms. The largest absolute Gasteiger partial charge is 0.381 e. The van der Waals surface area contributed by atoms with E-state index in [0.717, 1.165) is 18.8 Å². The van der Waals surface area contributed by atoms with Gasteiger partial charge in [-0.25, -0.2) is 18.1 Å². The van der Waals surface area contributed by atoms with Crippen LogP contribution in [-0.4, -0.2) is 24.5 Å². The molecule has 0 unspecified atom stereocenters. The van der Waals surface area contributed by atoms with Crippen molar-refractivity contribution in [3.05, 3.63) is 6.33 Å². The SMILES string of the molecule is Cn1cnc(N)c1S(=O)(=O)NCCCC1CCCC1. The number of hydrogen-bond donors (Lipinski definition) is 2. The van der Waals surface area contributed by atoms with Crippen molar-refractivity contribution >= 4 is 15.8 Å². The van der Waals surface area contributed by atoms with E-state index < -0.39 is 10.0 Å². The van der Waals surface area contributed by atoms with Crippen molar-refractivity contribution in [3.63, 3.8) is 0 Å². The van der Waals surface area contributed by atoms with Crippen molar-refractivity contribution in [1.82, 2.24) is 14.3 Å². The molecule has 0 aliphatic heterocycles.